The van der Waals surface area contributed by atoms with E-state index in [0.717, 1.165) is 12.5 Å². The van der Waals surface area contributed by atoms with Crippen LogP contribution in [0.3, 0.4) is 0 Å². The van der Waals surface area contributed by atoms with E-state index in [9.17, 15) is 19.5 Å². The maximum atomic E-state index is 11.5. The lowest BCUT2D eigenvalue weighted by Gasteiger charge is -2.20. The van der Waals surface area contributed by atoms with Crippen LogP contribution in [0.1, 0.15) is 51.9 Å². The molecule has 2 amide bonds. The molecule has 6 nitrogen and oxygen atoms in total. The fourth-order valence-corrected chi connectivity index (χ4v) is 2.30. The maximum Gasteiger partial charge on any atom is 0.262 e. The van der Waals surface area contributed by atoms with Crippen LogP contribution in [0.25, 0.3) is 0 Å². The smallest absolute Gasteiger partial charge is 0.262 e. The molecular formula is C14H21N2O4-. The van der Waals surface area contributed by atoms with E-state index in [2.05, 4.69) is 10.9 Å². The van der Waals surface area contributed by atoms with Crippen molar-refractivity contribution < 1.29 is 19.5 Å². The molecule has 1 aliphatic carbocycles. The van der Waals surface area contributed by atoms with Crippen molar-refractivity contribution in [2.75, 3.05) is 0 Å². The Morgan fingerprint density at radius 1 is 1.15 bits per heavy atom. The molecule has 0 heterocycles. The van der Waals surface area contributed by atoms with E-state index in [1.54, 1.807) is 0 Å². The van der Waals surface area contributed by atoms with Gasteiger partial charge in [-0.2, -0.15) is 0 Å². The van der Waals surface area contributed by atoms with Crippen LogP contribution in [0.15, 0.2) is 11.6 Å². The average Bonchev–Trinajstić information content (AvgIpc) is 2.43. The summed E-state index contributed by atoms with van der Waals surface area (Å²) in [6.45, 7) is 1.25. The van der Waals surface area contributed by atoms with Crippen molar-refractivity contribution in [1.82, 2.24) is 10.9 Å². The summed E-state index contributed by atoms with van der Waals surface area (Å²) in [5.74, 6) is -1.75. The summed E-state index contributed by atoms with van der Waals surface area (Å²) >= 11 is 0. The summed E-state index contributed by atoms with van der Waals surface area (Å²) in [6, 6.07) is 0. The Kier molecular flexibility index (Phi) is 6.76. The highest BCUT2D eigenvalue weighted by atomic mass is 16.4. The predicted molar refractivity (Wildman–Crippen MR) is 70.9 cm³/mol. The molecule has 20 heavy (non-hydrogen) atoms. The molecule has 0 bridgehead atoms. The summed E-state index contributed by atoms with van der Waals surface area (Å²) in [4.78, 5) is 33.2. The Balaban J connectivity index is 2.20. The van der Waals surface area contributed by atoms with Crippen molar-refractivity contribution in [1.29, 1.82) is 0 Å². The van der Waals surface area contributed by atoms with Gasteiger partial charge in [-0.15, -0.1) is 0 Å². The van der Waals surface area contributed by atoms with Gasteiger partial charge in [-0.25, -0.2) is 0 Å². The quantitative estimate of drug-likeness (QED) is 0.555. The normalized spacial score (nSPS) is 16.6. The Bertz CT molecular complexity index is 398. The minimum absolute atomic E-state index is 0.195. The Morgan fingerprint density at radius 2 is 1.80 bits per heavy atom. The van der Waals surface area contributed by atoms with Crippen molar-refractivity contribution in [2.45, 2.75) is 51.9 Å². The number of hydrazine groups is 1. The molecule has 0 saturated heterocycles. The molecule has 0 unspecified atom stereocenters. The standard InChI is InChI=1S/C14H22N2O4/c1-10(14(19)20)9-13(18)16-15-12(17)8-7-11-5-3-2-4-6-11/h9,11H,2-8H2,1H3,(H,15,17)(H,16,18)(H,19,20)/p-1/b10-9+. The van der Waals surface area contributed by atoms with Gasteiger partial charge in [0, 0.05) is 12.5 Å². The van der Waals surface area contributed by atoms with E-state index in [4.69, 9.17) is 0 Å². The molecule has 0 atom stereocenters. The summed E-state index contributed by atoms with van der Waals surface area (Å²) in [5, 5.41) is 10.4. The lowest BCUT2D eigenvalue weighted by atomic mass is 9.86. The van der Waals surface area contributed by atoms with Crippen molar-refractivity contribution in [2.24, 2.45) is 5.92 Å². The van der Waals surface area contributed by atoms with E-state index in [-0.39, 0.29) is 11.5 Å². The highest BCUT2D eigenvalue weighted by molar-refractivity contribution is 5.97. The second-order valence-electron chi connectivity index (χ2n) is 5.19. The maximum absolute atomic E-state index is 11.5. The minimum atomic E-state index is -1.41. The third-order valence-corrected chi connectivity index (χ3v) is 3.50. The molecule has 0 aromatic rings. The van der Waals surface area contributed by atoms with Gasteiger partial charge >= 0.3 is 0 Å². The molecule has 6 heteroatoms. The number of nitrogens with one attached hydrogen (secondary N) is 2. The number of aliphatic carboxylic acids is 1. The fraction of sp³-hybridized carbons (Fsp3) is 0.643. The van der Waals surface area contributed by atoms with Crippen molar-refractivity contribution in [3.05, 3.63) is 11.6 Å². The number of hydrogen-bond donors (Lipinski definition) is 2. The molecule has 0 aromatic carbocycles. The first-order valence-electron chi connectivity index (χ1n) is 6.97. The molecule has 1 rings (SSSR count). The van der Waals surface area contributed by atoms with Gasteiger partial charge in [-0.1, -0.05) is 32.1 Å². The average molecular weight is 281 g/mol. The molecule has 0 spiro atoms. The van der Waals surface area contributed by atoms with Gasteiger partial charge in [0.1, 0.15) is 0 Å². The summed E-state index contributed by atoms with van der Waals surface area (Å²) in [7, 11) is 0. The van der Waals surface area contributed by atoms with Gasteiger partial charge < -0.3 is 9.90 Å². The zero-order valence-corrected chi connectivity index (χ0v) is 11.7. The molecule has 1 fully saturated rings. The predicted octanol–water partition coefficient (Wildman–Crippen LogP) is 0.191. The topological polar surface area (TPSA) is 98.3 Å². The Hall–Kier alpha value is -1.85. The molecule has 112 valence electrons. The van der Waals surface area contributed by atoms with Crippen LogP contribution in [-0.2, 0) is 14.4 Å². The lowest BCUT2D eigenvalue weighted by molar-refractivity contribution is -0.299. The number of carboxylic acids is 1. The van der Waals surface area contributed by atoms with Gasteiger partial charge in [-0.05, 0) is 24.8 Å². The monoisotopic (exact) mass is 281 g/mol. The van der Waals surface area contributed by atoms with Crippen LogP contribution in [0, 0.1) is 5.92 Å². The number of carbonyl (C=O) groups is 3. The molecule has 0 radical (unpaired) electrons. The van der Waals surface area contributed by atoms with Crippen LogP contribution >= 0.6 is 0 Å². The molecule has 1 aliphatic rings. The molecule has 2 N–H and O–H groups in total. The summed E-state index contributed by atoms with van der Waals surface area (Å²) < 4.78 is 0. The number of amides is 2. The first-order valence-corrected chi connectivity index (χ1v) is 6.97. The van der Waals surface area contributed by atoms with Crippen LogP contribution in [-0.4, -0.2) is 17.8 Å². The van der Waals surface area contributed by atoms with Gasteiger partial charge in [0.25, 0.3) is 5.91 Å². The molecule has 1 saturated carbocycles. The number of hydrogen-bond acceptors (Lipinski definition) is 4. The molecule has 0 aliphatic heterocycles. The van der Waals surface area contributed by atoms with Crippen molar-refractivity contribution >= 4 is 17.8 Å². The van der Waals surface area contributed by atoms with Gasteiger partial charge in [0.15, 0.2) is 0 Å². The van der Waals surface area contributed by atoms with Crippen LogP contribution in [0.4, 0.5) is 0 Å². The second-order valence-corrected chi connectivity index (χ2v) is 5.19. The third-order valence-electron chi connectivity index (χ3n) is 3.50. The SMILES string of the molecule is C/C(=C\C(=O)NNC(=O)CCC1CCCCC1)C(=O)[O-]. The number of rotatable bonds is 5. The van der Waals surface area contributed by atoms with E-state index >= 15 is 0 Å². The van der Waals surface area contributed by atoms with Crippen molar-refractivity contribution in [3.8, 4) is 0 Å². The number of carbonyl (C=O) groups excluding carboxylic acids is 3. The van der Waals surface area contributed by atoms with Crippen molar-refractivity contribution in [3.63, 3.8) is 0 Å². The van der Waals surface area contributed by atoms with E-state index in [0.29, 0.717) is 12.3 Å². The number of carboxylic acid groups (broad SMARTS) is 1. The highest BCUT2D eigenvalue weighted by Crippen LogP contribution is 2.26. The summed E-state index contributed by atoms with van der Waals surface area (Å²) in [6.07, 6.45) is 8.16. The van der Waals surface area contributed by atoms with Crippen LogP contribution < -0.4 is 16.0 Å². The first kappa shape index (κ1) is 16.2. The second kappa shape index (κ2) is 8.35. The summed E-state index contributed by atoms with van der Waals surface area (Å²) in [5.41, 5.74) is 4.22. The molecule has 0 aromatic heterocycles. The van der Waals surface area contributed by atoms with Gasteiger partial charge in [-0.3, -0.25) is 20.4 Å². The highest BCUT2D eigenvalue weighted by Gasteiger charge is 2.14. The molecular weight excluding hydrogens is 260 g/mol. The Labute approximate surface area is 118 Å². The van der Waals surface area contributed by atoms with Crippen LogP contribution in [0.2, 0.25) is 0 Å². The van der Waals surface area contributed by atoms with E-state index in [1.807, 2.05) is 0 Å². The lowest BCUT2D eigenvalue weighted by Crippen LogP contribution is -2.41. The Morgan fingerprint density at radius 3 is 2.40 bits per heavy atom. The van der Waals surface area contributed by atoms with Crippen LogP contribution in [0.5, 0.6) is 0 Å². The zero-order chi connectivity index (χ0) is 15.0. The van der Waals surface area contributed by atoms with E-state index < -0.39 is 11.9 Å². The first-order chi connectivity index (χ1) is 9.49. The van der Waals surface area contributed by atoms with Gasteiger partial charge in [0.05, 0.1) is 5.97 Å². The zero-order valence-electron chi connectivity index (χ0n) is 11.7. The fourth-order valence-electron chi connectivity index (χ4n) is 2.30. The van der Waals surface area contributed by atoms with E-state index in [1.165, 1.54) is 39.0 Å². The minimum Gasteiger partial charge on any atom is -0.545 e. The van der Waals surface area contributed by atoms with Gasteiger partial charge in [0.2, 0.25) is 5.91 Å². The third kappa shape index (κ3) is 6.36. The largest absolute Gasteiger partial charge is 0.545 e.